The predicted octanol–water partition coefficient (Wildman–Crippen LogP) is 3.90. The van der Waals surface area contributed by atoms with Crippen LogP contribution in [0.15, 0.2) is 59.1 Å². The van der Waals surface area contributed by atoms with Gasteiger partial charge in [0.15, 0.2) is 5.82 Å². The fraction of sp³-hybridized carbons (Fsp3) is 0.280. The molecule has 3 aromatic rings. The monoisotopic (exact) mass is 495 g/mol. The van der Waals surface area contributed by atoms with Gasteiger partial charge in [-0.2, -0.15) is 0 Å². The molecule has 7 nitrogen and oxygen atoms in total. The molecule has 34 heavy (non-hydrogen) atoms. The third kappa shape index (κ3) is 2.43. The lowest BCUT2D eigenvalue weighted by Gasteiger charge is -2.54. The number of alkyl halides is 2. The molecule has 2 bridgehead atoms. The molecule has 1 aromatic heterocycles. The zero-order valence-corrected chi connectivity index (χ0v) is 19.7. The van der Waals surface area contributed by atoms with E-state index in [1.807, 2.05) is 48.5 Å². The Kier molecular flexibility index (Phi) is 4.36. The highest BCUT2D eigenvalue weighted by atomic mass is 35.5. The highest BCUT2D eigenvalue weighted by Crippen LogP contribution is 2.69. The van der Waals surface area contributed by atoms with E-state index in [9.17, 15) is 14.4 Å². The van der Waals surface area contributed by atoms with Gasteiger partial charge < -0.3 is 9.84 Å². The summed E-state index contributed by atoms with van der Waals surface area (Å²) in [6.45, 7) is 3.19. The van der Waals surface area contributed by atoms with Crippen molar-refractivity contribution in [2.75, 3.05) is 5.32 Å². The molecule has 7 rings (SSSR count). The van der Waals surface area contributed by atoms with Crippen LogP contribution < -0.4 is 5.32 Å². The maximum absolute atomic E-state index is 13.9. The first-order chi connectivity index (χ1) is 16.2. The Morgan fingerprint density at radius 1 is 0.971 bits per heavy atom. The summed E-state index contributed by atoms with van der Waals surface area (Å²) in [6.07, 6.45) is 0. The lowest BCUT2D eigenvalue weighted by Crippen LogP contribution is -2.57. The first kappa shape index (κ1) is 21.4. The Balaban J connectivity index is 1.47. The van der Waals surface area contributed by atoms with E-state index < -0.39 is 45.3 Å². The number of aryl methyl sites for hydroxylation is 1. The molecule has 172 valence electrons. The molecule has 1 aliphatic heterocycles. The number of nitrogens with one attached hydrogen (secondary N) is 1. The zero-order valence-electron chi connectivity index (χ0n) is 18.2. The number of hydrogen-bond acceptors (Lipinski definition) is 5. The quantitative estimate of drug-likeness (QED) is 0.439. The van der Waals surface area contributed by atoms with E-state index in [-0.39, 0.29) is 5.82 Å². The van der Waals surface area contributed by atoms with Gasteiger partial charge in [0.1, 0.15) is 21.6 Å². The number of anilines is 1. The van der Waals surface area contributed by atoms with Gasteiger partial charge in [-0.1, -0.05) is 53.7 Å². The van der Waals surface area contributed by atoms with Crippen LogP contribution in [-0.4, -0.2) is 33.8 Å². The highest BCUT2D eigenvalue weighted by molar-refractivity contribution is 6.36. The smallest absolute Gasteiger partial charge is 0.248 e. The van der Waals surface area contributed by atoms with Crippen molar-refractivity contribution in [1.29, 1.82) is 0 Å². The number of benzene rings is 2. The molecule has 2 aromatic carbocycles. The van der Waals surface area contributed by atoms with Crippen LogP contribution in [0.25, 0.3) is 0 Å². The molecule has 4 aliphatic rings. The Morgan fingerprint density at radius 3 is 1.79 bits per heavy atom. The molecule has 0 radical (unpaired) electrons. The molecule has 0 unspecified atom stereocenters. The number of amides is 3. The first-order valence-corrected chi connectivity index (χ1v) is 11.6. The second-order valence-electron chi connectivity index (χ2n) is 9.00. The zero-order chi connectivity index (χ0) is 24.0. The van der Waals surface area contributed by atoms with Crippen molar-refractivity contribution in [3.63, 3.8) is 0 Å². The maximum Gasteiger partial charge on any atom is 0.248 e. The van der Waals surface area contributed by atoms with Crippen molar-refractivity contribution in [1.82, 2.24) is 10.1 Å². The standard InChI is InChI=1S/C25H19Cl2N3O4/c1-12-11-18(29-34-12)28-21(31)13(2)30-22(32)19-20(23(30)33)25(27)15-8-4-3-7-14(15)24(19,26)16-9-5-6-10-17(16)25/h3-11,13,19-20H,1-2H3,(H,28,29,31)/t13-,19-,20+,24?,25?/m0/s1. The van der Waals surface area contributed by atoms with Crippen LogP contribution in [0.2, 0.25) is 0 Å². The molecule has 1 fully saturated rings. The van der Waals surface area contributed by atoms with Gasteiger partial charge in [-0.3, -0.25) is 19.3 Å². The number of imide groups is 1. The van der Waals surface area contributed by atoms with Crippen molar-refractivity contribution in [2.24, 2.45) is 11.8 Å². The van der Waals surface area contributed by atoms with Crippen molar-refractivity contribution in [2.45, 2.75) is 29.6 Å². The number of likely N-dealkylation sites (tertiary alicyclic amines) is 1. The van der Waals surface area contributed by atoms with Crippen molar-refractivity contribution in [3.8, 4) is 0 Å². The van der Waals surface area contributed by atoms with E-state index in [1.165, 1.54) is 6.92 Å². The molecule has 2 heterocycles. The van der Waals surface area contributed by atoms with Crippen LogP contribution in [0.4, 0.5) is 5.82 Å². The summed E-state index contributed by atoms with van der Waals surface area (Å²) < 4.78 is 4.98. The maximum atomic E-state index is 13.9. The number of aromatic nitrogens is 1. The predicted molar refractivity (Wildman–Crippen MR) is 124 cm³/mol. The Hall–Kier alpha value is -3.16. The summed E-state index contributed by atoms with van der Waals surface area (Å²) in [5.74, 6) is -2.78. The minimum Gasteiger partial charge on any atom is -0.360 e. The van der Waals surface area contributed by atoms with Crippen molar-refractivity contribution in [3.05, 3.63) is 82.6 Å². The van der Waals surface area contributed by atoms with E-state index >= 15 is 0 Å². The van der Waals surface area contributed by atoms with Crippen LogP contribution >= 0.6 is 23.2 Å². The van der Waals surface area contributed by atoms with Gasteiger partial charge in [-0.15, -0.1) is 23.2 Å². The van der Waals surface area contributed by atoms with E-state index in [0.717, 1.165) is 4.90 Å². The number of halogens is 2. The molecule has 1 N–H and O–H groups in total. The summed E-state index contributed by atoms with van der Waals surface area (Å²) in [5, 5.41) is 6.35. The summed E-state index contributed by atoms with van der Waals surface area (Å²) in [6, 6.07) is 15.2. The number of carbonyl (C=O) groups excluding carboxylic acids is 3. The fourth-order valence-electron chi connectivity index (χ4n) is 5.84. The number of hydrogen-bond donors (Lipinski definition) is 1. The number of rotatable bonds is 3. The number of carbonyl (C=O) groups is 3. The summed E-state index contributed by atoms with van der Waals surface area (Å²) in [5.41, 5.74) is 2.85. The normalized spacial score (nSPS) is 29.5. The van der Waals surface area contributed by atoms with Gasteiger partial charge in [0, 0.05) is 6.07 Å². The van der Waals surface area contributed by atoms with E-state index in [4.69, 9.17) is 27.7 Å². The molecule has 3 aliphatic carbocycles. The van der Waals surface area contributed by atoms with Crippen LogP contribution in [0, 0.1) is 18.8 Å². The minimum absolute atomic E-state index is 0.202. The van der Waals surface area contributed by atoms with Gasteiger partial charge in [-0.25, -0.2) is 0 Å². The van der Waals surface area contributed by atoms with Crippen molar-refractivity contribution < 1.29 is 18.9 Å². The third-order valence-electron chi connectivity index (χ3n) is 7.27. The van der Waals surface area contributed by atoms with Crippen LogP contribution in [0.1, 0.15) is 34.9 Å². The van der Waals surface area contributed by atoms with Crippen LogP contribution in [0.5, 0.6) is 0 Å². The summed E-state index contributed by atoms with van der Waals surface area (Å²) >= 11 is 14.8. The van der Waals surface area contributed by atoms with Gasteiger partial charge >= 0.3 is 0 Å². The fourth-order valence-corrected chi connectivity index (χ4v) is 6.94. The van der Waals surface area contributed by atoms with Crippen LogP contribution in [0.3, 0.4) is 0 Å². The van der Waals surface area contributed by atoms with Gasteiger partial charge in [0.25, 0.3) is 0 Å². The van der Waals surface area contributed by atoms with Crippen LogP contribution in [-0.2, 0) is 24.1 Å². The minimum atomic E-state index is -1.28. The molecule has 3 atom stereocenters. The van der Waals surface area contributed by atoms with E-state index in [2.05, 4.69) is 10.5 Å². The van der Waals surface area contributed by atoms with Gasteiger partial charge in [0.05, 0.1) is 11.8 Å². The molecule has 1 saturated heterocycles. The topological polar surface area (TPSA) is 92.5 Å². The third-order valence-corrected chi connectivity index (χ3v) is 8.55. The van der Waals surface area contributed by atoms with Gasteiger partial charge in [-0.05, 0) is 36.1 Å². The molecule has 0 saturated carbocycles. The second kappa shape index (κ2) is 6.93. The largest absolute Gasteiger partial charge is 0.360 e. The Morgan fingerprint density at radius 2 is 1.41 bits per heavy atom. The first-order valence-electron chi connectivity index (χ1n) is 10.9. The van der Waals surface area contributed by atoms with Gasteiger partial charge in [0.2, 0.25) is 17.7 Å². The van der Waals surface area contributed by atoms with Crippen molar-refractivity contribution >= 4 is 46.7 Å². The average molecular weight is 496 g/mol. The molecule has 9 heteroatoms. The highest BCUT2D eigenvalue weighted by Gasteiger charge is 2.73. The second-order valence-corrected chi connectivity index (χ2v) is 10.2. The average Bonchev–Trinajstić information content (AvgIpc) is 3.36. The SMILES string of the molecule is Cc1cc(NC(=O)[C@H](C)N2C(=O)[C@@H]3[C@H](C2=O)C2(Cl)c4ccccc4C3(Cl)c3ccccc32)no1. The lowest BCUT2D eigenvalue weighted by molar-refractivity contribution is -0.146. The summed E-state index contributed by atoms with van der Waals surface area (Å²) in [4.78, 5) is 39.1. The molecular weight excluding hydrogens is 477 g/mol. The molecular formula is C25H19Cl2N3O4. The van der Waals surface area contributed by atoms with E-state index in [0.29, 0.717) is 28.0 Å². The van der Waals surface area contributed by atoms with E-state index in [1.54, 1.807) is 13.0 Å². The lowest BCUT2D eigenvalue weighted by atomic mass is 9.54. The Labute approximate surface area is 205 Å². The molecule has 3 amide bonds. The molecule has 0 spiro atoms. The number of nitrogens with zero attached hydrogens (tertiary/aromatic N) is 2. The Bertz CT molecular complexity index is 1280. The summed E-state index contributed by atoms with van der Waals surface area (Å²) in [7, 11) is 0.